The molecule has 0 N–H and O–H groups in total. The Morgan fingerprint density at radius 2 is 1.00 bits per heavy atom. The molecule has 2 aliphatic heterocycles. The molecular weight excluding hydrogens is 372 g/mol. The van der Waals surface area contributed by atoms with Crippen LogP contribution in [0.5, 0.6) is 0 Å². The van der Waals surface area contributed by atoms with Gasteiger partial charge in [-0.15, -0.1) is 0 Å². The molecule has 0 saturated carbocycles. The Balaban J connectivity index is -0.000000191. The predicted molar refractivity (Wildman–Crippen MR) is 136 cm³/mol. The molecule has 0 radical (unpaired) electrons. The van der Waals surface area contributed by atoms with Crippen LogP contribution in [0, 0.1) is 0 Å². The summed E-state index contributed by atoms with van der Waals surface area (Å²) in [5.74, 6) is 0.453. The van der Waals surface area contributed by atoms with E-state index in [-0.39, 0.29) is 29.5 Å². The summed E-state index contributed by atoms with van der Waals surface area (Å²) >= 11 is 0. The molecule has 4 nitrogen and oxygen atoms in total. The monoisotopic (exact) mass is 424 g/mol. The van der Waals surface area contributed by atoms with Crippen LogP contribution in [0.15, 0.2) is 45.6 Å². The maximum absolute atomic E-state index is 11.6. The van der Waals surface area contributed by atoms with Gasteiger partial charge in [-0.1, -0.05) is 65.8 Å². The lowest BCUT2D eigenvalue weighted by Gasteiger charge is -2.23. The van der Waals surface area contributed by atoms with Crippen molar-refractivity contribution in [2.45, 2.75) is 82.1 Å². The van der Waals surface area contributed by atoms with E-state index in [9.17, 15) is 9.59 Å². The highest BCUT2D eigenvalue weighted by Gasteiger charge is 2.27. The molecule has 4 rings (SSSR count). The minimum absolute atomic E-state index is 0. The minimum Gasteiger partial charge on any atom is -0.342 e. The van der Waals surface area contributed by atoms with E-state index in [2.05, 4.69) is 26.0 Å². The third-order valence-corrected chi connectivity index (χ3v) is 5.17. The number of allylic oxidation sites excluding steroid dienone is 4. The van der Waals surface area contributed by atoms with Gasteiger partial charge in [0.2, 0.25) is 11.8 Å². The topological polar surface area (TPSA) is 40.6 Å². The molecule has 2 amide bonds. The van der Waals surface area contributed by atoms with Gasteiger partial charge < -0.3 is 9.80 Å². The van der Waals surface area contributed by atoms with Crippen LogP contribution < -0.4 is 0 Å². The van der Waals surface area contributed by atoms with Crippen molar-refractivity contribution in [3.63, 3.8) is 0 Å². The predicted octanol–water partition coefficient (Wildman–Crippen LogP) is 6.81. The first-order chi connectivity index (χ1) is 13.4. The van der Waals surface area contributed by atoms with Crippen molar-refractivity contribution in [1.82, 2.24) is 9.80 Å². The van der Waals surface area contributed by atoms with Gasteiger partial charge in [0.15, 0.2) is 0 Å². The summed E-state index contributed by atoms with van der Waals surface area (Å²) in [6, 6.07) is 0. The fourth-order valence-corrected chi connectivity index (χ4v) is 3.77. The highest BCUT2D eigenvalue weighted by atomic mass is 16.2. The summed E-state index contributed by atoms with van der Waals surface area (Å²) in [6.45, 7) is 13.9. The zero-order chi connectivity index (χ0) is 21.4. The number of rotatable bonds is 0. The summed E-state index contributed by atoms with van der Waals surface area (Å²) < 4.78 is 0. The fourth-order valence-electron chi connectivity index (χ4n) is 3.77. The maximum atomic E-state index is 11.6. The Morgan fingerprint density at radius 1 is 0.700 bits per heavy atom. The second-order valence-corrected chi connectivity index (χ2v) is 7.30. The van der Waals surface area contributed by atoms with Gasteiger partial charge in [-0.3, -0.25) is 9.59 Å². The van der Waals surface area contributed by atoms with Crippen molar-refractivity contribution in [1.29, 1.82) is 0 Å². The molecule has 0 aromatic rings. The highest BCUT2D eigenvalue weighted by Crippen LogP contribution is 2.32. The third-order valence-electron chi connectivity index (χ3n) is 5.17. The molecule has 2 aliphatic carbocycles. The van der Waals surface area contributed by atoms with Gasteiger partial charge in [-0.2, -0.15) is 0 Å². The van der Waals surface area contributed by atoms with Gasteiger partial charge >= 0.3 is 0 Å². The number of nitrogens with zero attached hydrogens (tertiary/aromatic N) is 2. The molecular formula is C26H50N2O2. The van der Waals surface area contributed by atoms with Crippen LogP contribution in [-0.2, 0) is 9.59 Å². The van der Waals surface area contributed by atoms with Crippen molar-refractivity contribution in [3.05, 3.63) is 45.6 Å². The molecule has 0 atom stereocenters. The Bertz CT molecular complexity index is 672. The van der Waals surface area contributed by atoms with Gasteiger partial charge in [0, 0.05) is 41.2 Å². The van der Waals surface area contributed by atoms with E-state index in [0.717, 1.165) is 49.9 Å². The number of carbonyl (C=O) groups excluding carboxylic acids is 2. The lowest BCUT2D eigenvalue weighted by Crippen LogP contribution is -2.32. The Morgan fingerprint density at radius 3 is 1.30 bits per heavy atom. The molecule has 4 aliphatic rings. The molecule has 0 spiro atoms. The van der Waals surface area contributed by atoms with Crippen LogP contribution in [0.2, 0.25) is 0 Å². The smallest absolute Gasteiger partial charge is 0.250 e. The first-order valence-electron chi connectivity index (χ1n) is 10.7. The van der Waals surface area contributed by atoms with Crippen LogP contribution in [0.3, 0.4) is 0 Å². The zero-order valence-corrected chi connectivity index (χ0v) is 19.1. The summed E-state index contributed by atoms with van der Waals surface area (Å²) in [7, 11) is 3.75. The van der Waals surface area contributed by atoms with E-state index >= 15 is 0 Å². The molecule has 4 heteroatoms. The van der Waals surface area contributed by atoms with E-state index < -0.39 is 0 Å². The summed E-state index contributed by atoms with van der Waals surface area (Å²) in [4.78, 5) is 26.8. The summed E-state index contributed by atoms with van der Waals surface area (Å²) in [5, 5.41) is 0. The van der Waals surface area contributed by atoms with Crippen molar-refractivity contribution < 1.29 is 12.4 Å². The quantitative estimate of drug-likeness (QED) is 0.428. The van der Waals surface area contributed by atoms with Crippen molar-refractivity contribution >= 4 is 11.8 Å². The van der Waals surface area contributed by atoms with Gasteiger partial charge in [0.1, 0.15) is 0 Å². The van der Waals surface area contributed by atoms with E-state index in [1.165, 1.54) is 22.3 Å². The number of carbonyl (C=O) groups is 2. The lowest BCUT2D eigenvalue weighted by molar-refractivity contribution is -0.127. The van der Waals surface area contributed by atoms with Crippen LogP contribution in [-0.4, -0.2) is 48.8 Å². The second-order valence-electron chi connectivity index (χ2n) is 7.30. The van der Waals surface area contributed by atoms with Gasteiger partial charge in [0.05, 0.1) is 0 Å². The van der Waals surface area contributed by atoms with Crippen LogP contribution in [0.4, 0.5) is 0 Å². The molecule has 30 heavy (non-hydrogen) atoms. The normalized spacial score (nSPS) is 18.8. The number of hydrogen-bond donors (Lipinski definition) is 0. The standard InChI is InChI=1S/2C10H13NO.2C2H6.2CH4.2H2/c2*1-7-5-8-3-4-11(2)10(12)9(8)6-7;2*1-2;;;;/h2*5H,3-4,6H2,1-2H3;2*1-2H3;2*1H4;2*1H/i;;;;;;2*1+1. The Hall–Kier alpha value is -2.10. The van der Waals surface area contributed by atoms with Crippen LogP contribution in [0.25, 0.3) is 0 Å². The van der Waals surface area contributed by atoms with Crippen molar-refractivity contribution in [2.24, 2.45) is 0 Å². The minimum atomic E-state index is 0. The third kappa shape index (κ3) is 7.00. The summed E-state index contributed by atoms with van der Waals surface area (Å²) in [5.41, 5.74) is 7.25. The molecule has 176 valence electrons. The highest BCUT2D eigenvalue weighted by molar-refractivity contribution is 5.97. The average Bonchev–Trinajstić information content (AvgIpc) is 3.28. The molecule has 0 aromatic carbocycles. The molecule has 0 unspecified atom stereocenters. The van der Waals surface area contributed by atoms with E-state index in [1.807, 2.05) is 51.6 Å². The van der Waals surface area contributed by atoms with Crippen LogP contribution in [0.1, 0.15) is 84.9 Å². The van der Waals surface area contributed by atoms with Gasteiger partial charge in [-0.05, 0) is 50.7 Å². The van der Waals surface area contributed by atoms with E-state index in [0.29, 0.717) is 0 Å². The van der Waals surface area contributed by atoms with Crippen LogP contribution >= 0.6 is 0 Å². The molecule has 0 aromatic heterocycles. The second kappa shape index (κ2) is 14.0. The Labute approximate surface area is 189 Å². The molecule has 0 fully saturated rings. The number of likely N-dealkylation sites (N-methyl/N-ethyl adjacent to an activating group) is 2. The maximum Gasteiger partial charge on any atom is 0.250 e. The van der Waals surface area contributed by atoms with E-state index in [4.69, 9.17) is 0 Å². The number of hydrogen-bond acceptors (Lipinski definition) is 2. The number of amides is 2. The molecule has 2 heterocycles. The van der Waals surface area contributed by atoms with Gasteiger partial charge in [-0.25, -0.2) is 0 Å². The lowest BCUT2D eigenvalue weighted by atomic mass is 10.0. The van der Waals surface area contributed by atoms with Crippen molar-refractivity contribution in [2.75, 3.05) is 27.2 Å². The largest absolute Gasteiger partial charge is 0.342 e. The first-order valence-corrected chi connectivity index (χ1v) is 10.7. The van der Waals surface area contributed by atoms with Crippen molar-refractivity contribution in [3.8, 4) is 0 Å². The molecule has 0 bridgehead atoms. The average molecular weight is 425 g/mol. The van der Waals surface area contributed by atoms with Gasteiger partial charge in [0.25, 0.3) is 0 Å². The van der Waals surface area contributed by atoms with E-state index in [1.54, 1.807) is 0 Å². The summed E-state index contributed by atoms with van der Waals surface area (Å²) in [6.07, 6.45) is 8.15. The first kappa shape index (κ1) is 30.1. The SMILES string of the molecule is C.C.CC.CC.CC1=CC2=C(C1)C(=O)N(C)CC2.CC1=CC2=C(C1)C(=O)N(C)CC2.[2HH].[2HH]. The fraction of sp³-hybridized carbons (Fsp3) is 0.615. The zero-order valence-electron chi connectivity index (χ0n) is 19.1. The Kier molecular flexibility index (Phi) is 14.0. The molecule has 0 saturated heterocycles.